The van der Waals surface area contributed by atoms with E-state index in [1.54, 1.807) is 7.11 Å². The Morgan fingerprint density at radius 3 is 2.50 bits per heavy atom. The molecule has 1 aliphatic carbocycles. The third-order valence-corrected chi connectivity index (χ3v) is 11.7. The van der Waals surface area contributed by atoms with Gasteiger partial charge in [0.15, 0.2) is 0 Å². The number of hydrogen-bond donors (Lipinski definition) is 1. The monoisotopic (exact) mass is 640 g/mol. The van der Waals surface area contributed by atoms with Crippen molar-refractivity contribution in [3.05, 3.63) is 58.7 Å². The number of fused-ring (bicyclic) bond motifs is 5. The summed E-state index contributed by atoms with van der Waals surface area (Å²) in [6, 6.07) is 12.5. The van der Waals surface area contributed by atoms with Crippen molar-refractivity contribution in [2.24, 2.45) is 0 Å². The van der Waals surface area contributed by atoms with E-state index in [4.69, 9.17) is 4.74 Å². The van der Waals surface area contributed by atoms with E-state index < -0.39 is 0 Å². The van der Waals surface area contributed by atoms with Crippen LogP contribution in [0.3, 0.4) is 0 Å². The Morgan fingerprint density at radius 2 is 1.76 bits per heavy atom. The van der Waals surface area contributed by atoms with Crippen molar-refractivity contribution in [3.8, 4) is 17.0 Å². The number of aromatic nitrogens is 1. The molecule has 1 spiro atoms. The number of carbonyl (C=O) groups is 2. The molecule has 3 aromatic rings. The van der Waals surface area contributed by atoms with Crippen LogP contribution in [0.4, 0.5) is 0 Å². The lowest BCUT2D eigenvalue weighted by Crippen LogP contribution is -2.53. The minimum atomic E-state index is -0.0813. The van der Waals surface area contributed by atoms with Gasteiger partial charge in [0, 0.05) is 58.0 Å². The zero-order chi connectivity index (χ0) is 32.0. The van der Waals surface area contributed by atoms with Gasteiger partial charge in [0.05, 0.1) is 19.3 Å². The summed E-state index contributed by atoms with van der Waals surface area (Å²) in [6.07, 6.45) is 12.4. The first kappa shape index (κ1) is 31.4. The van der Waals surface area contributed by atoms with Crippen LogP contribution in [0, 0.1) is 0 Å². The second-order valence-electron chi connectivity index (χ2n) is 14.2. The molecule has 46 heavy (non-hydrogen) atoms. The number of benzene rings is 2. The number of nitrogens with one attached hydrogen (secondary N) is 1. The molecular formula is C38H48N4O3S. The van der Waals surface area contributed by atoms with Crippen molar-refractivity contribution in [1.82, 2.24) is 19.1 Å². The Kier molecular flexibility index (Phi) is 8.70. The first-order valence-electron chi connectivity index (χ1n) is 17.3. The number of nitrogens with zero attached hydrogens (tertiary/aromatic N) is 3. The Labute approximate surface area is 277 Å². The number of rotatable bonds is 6. The summed E-state index contributed by atoms with van der Waals surface area (Å²) in [6.45, 7) is 7.50. The van der Waals surface area contributed by atoms with Crippen molar-refractivity contribution >= 4 is 40.7 Å². The van der Waals surface area contributed by atoms with Gasteiger partial charge in [-0.1, -0.05) is 39.2 Å². The molecule has 3 aliphatic heterocycles. The summed E-state index contributed by atoms with van der Waals surface area (Å²) in [7, 11) is 3.89. The highest BCUT2D eigenvalue weighted by molar-refractivity contribution is 7.98. The van der Waals surface area contributed by atoms with Crippen molar-refractivity contribution < 1.29 is 14.3 Å². The van der Waals surface area contributed by atoms with Gasteiger partial charge in [-0.15, -0.1) is 0 Å². The van der Waals surface area contributed by atoms with Gasteiger partial charge in [0.1, 0.15) is 5.75 Å². The molecule has 1 N–H and O–H groups in total. The quantitative estimate of drug-likeness (QED) is 0.281. The third kappa shape index (κ3) is 5.66. The number of likely N-dealkylation sites (tertiary alicyclic amines) is 2. The molecule has 7 nitrogen and oxygen atoms in total. The second-order valence-corrected chi connectivity index (χ2v) is 15.6. The molecule has 0 radical (unpaired) electrons. The zero-order valence-electron chi connectivity index (χ0n) is 27.9. The Morgan fingerprint density at radius 1 is 0.978 bits per heavy atom. The Balaban J connectivity index is 1.39. The molecule has 244 valence electrons. The van der Waals surface area contributed by atoms with Gasteiger partial charge in [-0.05, 0) is 111 Å². The van der Waals surface area contributed by atoms with Gasteiger partial charge in [-0.25, -0.2) is 0 Å². The maximum absolute atomic E-state index is 14.8. The molecule has 4 heterocycles. The molecule has 2 amide bonds. The molecule has 2 aromatic carbocycles. The smallest absolute Gasteiger partial charge is 0.261 e. The predicted molar refractivity (Wildman–Crippen MR) is 188 cm³/mol. The number of carbonyl (C=O) groups excluding carboxylic acids is 2. The van der Waals surface area contributed by atoms with Crippen molar-refractivity contribution in [2.75, 3.05) is 33.8 Å². The number of amides is 2. The molecule has 2 saturated heterocycles. The standard InChI is InChI=1S/C38H48N4O3S/c1-25(2)46-39-36(43)27-11-13-32-33(23-27)41-24-29(37(44)42-18-8-15-38(42)16-19-40(3)20-17-38)21-28-22-30(45-4)12-14-31(28)35(41)34(32)26-9-6-5-7-10-26/h11-14,21-23,25-26H,5-10,15-20,24H2,1-4H3,(H,39,43). The topological polar surface area (TPSA) is 66.8 Å². The van der Waals surface area contributed by atoms with E-state index in [1.165, 1.54) is 47.9 Å². The summed E-state index contributed by atoms with van der Waals surface area (Å²) >= 11 is 1.44. The Bertz CT molecular complexity index is 1680. The van der Waals surface area contributed by atoms with E-state index in [0.717, 1.165) is 86.1 Å². The van der Waals surface area contributed by atoms with Crippen molar-refractivity contribution in [3.63, 3.8) is 0 Å². The van der Waals surface area contributed by atoms with Gasteiger partial charge < -0.3 is 19.1 Å². The van der Waals surface area contributed by atoms with Crippen LogP contribution in [0.5, 0.6) is 5.75 Å². The maximum atomic E-state index is 14.8. The zero-order valence-corrected chi connectivity index (χ0v) is 28.7. The lowest BCUT2D eigenvalue weighted by molar-refractivity contribution is -0.132. The van der Waals surface area contributed by atoms with Crippen LogP contribution < -0.4 is 9.46 Å². The second kappa shape index (κ2) is 12.8. The predicted octanol–water partition coefficient (Wildman–Crippen LogP) is 7.63. The van der Waals surface area contributed by atoms with E-state index >= 15 is 0 Å². The van der Waals surface area contributed by atoms with Gasteiger partial charge in [-0.3, -0.25) is 14.3 Å². The molecule has 1 saturated carbocycles. The van der Waals surface area contributed by atoms with Crippen LogP contribution in [0.15, 0.2) is 42.0 Å². The molecule has 4 aliphatic rings. The Hall–Kier alpha value is -3.23. The third-order valence-electron chi connectivity index (χ3n) is 11.0. The maximum Gasteiger partial charge on any atom is 0.261 e. The highest BCUT2D eigenvalue weighted by Crippen LogP contribution is 2.48. The normalized spacial score (nSPS) is 20.0. The molecular weight excluding hydrogens is 593 g/mol. The summed E-state index contributed by atoms with van der Waals surface area (Å²) in [5, 5.41) is 1.50. The summed E-state index contributed by atoms with van der Waals surface area (Å²) < 4.78 is 11.1. The highest BCUT2D eigenvalue weighted by Gasteiger charge is 2.46. The molecule has 1 aromatic heterocycles. The van der Waals surface area contributed by atoms with E-state index in [1.807, 2.05) is 12.1 Å². The fourth-order valence-corrected chi connectivity index (χ4v) is 8.99. The first-order chi connectivity index (χ1) is 22.3. The minimum Gasteiger partial charge on any atom is -0.497 e. The van der Waals surface area contributed by atoms with Crippen molar-refractivity contribution in [2.45, 2.75) is 94.9 Å². The van der Waals surface area contributed by atoms with Crippen LogP contribution in [0.25, 0.3) is 28.2 Å². The summed E-state index contributed by atoms with van der Waals surface area (Å²) in [5.41, 5.74) is 7.19. The SMILES string of the molecule is COc1ccc2c(c1)C=C(C(=O)N1CCCC13CCN(C)CC3)Cn1c-2c(C2CCCCC2)c2ccc(C(=O)NSC(C)C)cc21. The van der Waals surface area contributed by atoms with Crippen LogP contribution >= 0.6 is 11.9 Å². The lowest BCUT2D eigenvalue weighted by Gasteiger charge is -2.44. The fourth-order valence-electron chi connectivity index (χ4n) is 8.53. The lowest BCUT2D eigenvalue weighted by atomic mass is 9.81. The van der Waals surface area contributed by atoms with E-state index in [2.05, 4.69) is 70.3 Å². The van der Waals surface area contributed by atoms with Gasteiger partial charge in [0.25, 0.3) is 11.8 Å². The molecule has 0 bridgehead atoms. The van der Waals surface area contributed by atoms with Crippen LogP contribution in [0.1, 0.15) is 99.0 Å². The average molecular weight is 641 g/mol. The molecule has 7 rings (SSSR count). The molecule has 3 fully saturated rings. The average Bonchev–Trinajstić information content (AvgIpc) is 3.57. The number of methoxy groups -OCH3 is 1. The van der Waals surface area contributed by atoms with Gasteiger partial charge in [-0.2, -0.15) is 0 Å². The molecule has 0 unspecified atom stereocenters. The first-order valence-corrected chi connectivity index (χ1v) is 18.2. The van der Waals surface area contributed by atoms with Gasteiger partial charge in [0.2, 0.25) is 0 Å². The number of ether oxygens (including phenoxy) is 1. The van der Waals surface area contributed by atoms with Crippen LogP contribution in [-0.2, 0) is 11.3 Å². The van der Waals surface area contributed by atoms with E-state index in [0.29, 0.717) is 23.3 Å². The van der Waals surface area contributed by atoms with Crippen LogP contribution in [-0.4, -0.2) is 70.8 Å². The molecule has 8 heteroatoms. The fraction of sp³-hybridized carbons (Fsp3) is 0.526. The number of piperidine rings is 1. The van der Waals surface area contributed by atoms with Crippen LogP contribution in [0.2, 0.25) is 0 Å². The van der Waals surface area contributed by atoms with Gasteiger partial charge >= 0.3 is 0 Å². The minimum absolute atomic E-state index is 0.0534. The van der Waals surface area contributed by atoms with E-state index in [-0.39, 0.29) is 17.4 Å². The highest BCUT2D eigenvalue weighted by atomic mass is 32.2. The number of hydrogen-bond acceptors (Lipinski definition) is 5. The van der Waals surface area contributed by atoms with Crippen molar-refractivity contribution in [1.29, 1.82) is 0 Å². The largest absolute Gasteiger partial charge is 0.497 e. The summed E-state index contributed by atoms with van der Waals surface area (Å²) in [5.74, 6) is 1.31. The molecule has 0 atom stereocenters. The summed E-state index contributed by atoms with van der Waals surface area (Å²) in [4.78, 5) is 32.7. The van der Waals surface area contributed by atoms with E-state index in [9.17, 15) is 9.59 Å².